The predicted octanol–water partition coefficient (Wildman–Crippen LogP) is 6.13. The van der Waals surface area contributed by atoms with E-state index >= 15 is 0 Å². The van der Waals surface area contributed by atoms with Crippen LogP contribution < -0.4 is 10.5 Å². The van der Waals surface area contributed by atoms with E-state index in [-0.39, 0.29) is 23.7 Å². The minimum Gasteiger partial charge on any atom is -0.489 e. The number of amides is 2. The summed E-state index contributed by atoms with van der Waals surface area (Å²) in [7, 11) is 0. The summed E-state index contributed by atoms with van der Waals surface area (Å²) in [6.45, 7) is 0.937. The molecule has 8 nitrogen and oxygen atoms in total. The molecule has 3 aromatic carbocycles. The van der Waals surface area contributed by atoms with E-state index in [0.717, 1.165) is 59.6 Å². The van der Waals surface area contributed by atoms with E-state index in [2.05, 4.69) is 9.38 Å². The van der Waals surface area contributed by atoms with Crippen LogP contribution in [-0.4, -0.2) is 37.6 Å². The number of rotatable bonds is 7. The fourth-order valence-corrected chi connectivity index (χ4v) is 6.32. The number of benzene rings is 3. The van der Waals surface area contributed by atoms with Gasteiger partial charge in [-0.2, -0.15) is 0 Å². The molecule has 0 unspecified atom stereocenters. The molecule has 3 heterocycles. The van der Waals surface area contributed by atoms with Crippen molar-refractivity contribution in [1.29, 1.82) is 0 Å². The van der Waals surface area contributed by atoms with Gasteiger partial charge in [0, 0.05) is 30.4 Å². The number of fused-ring (bicyclic) bond motifs is 2. The van der Waals surface area contributed by atoms with E-state index in [1.807, 2.05) is 60.8 Å². The molecule has 8 heteroatoms. The first kappa shape index (κ1) is 26.0. The van der Waals surface area contributed by atoms with E-state index in [1.54, 1.807) is 30.5 Å². The Morgan fingerprint density at radius 1 is 0.857 bits per heavy atom. The van der Waals surface area contributed by atoms with Gasteiger partial charge in [-0.3, -0.25) is 18.9 Å². The van der Waals surface area contributed by atoms with E-state index in [4.69, 9.17) is 15.5 Å². The van der Waals surface area contributed by atoms with E-state index in [0.29, 0.717) is 30.1 Å². The van der Waals surface area contributed by atoms with Crippen molar-refractivity contribution in [2.75, 3.05) is 12.3 Å². The Labute approximate surface area is 243 Å². The minimum atomic E-state index is -0.181. The maximum Gasteiger partial charge on any atom is 0.261 e. The Morgan fingerprint density at radius 2 is 1.57 bits per heavy atom. The SMILES string of the molecule is Nc1nccn2c1c(-c1cccc(OCc3ccccc3)c1)nc2[C@H]1CC[C@@H](CN2C(=O)c3ccccc3C2=O)CC1. The Balaban J connectivity index is 1.10. The van der Waals surface area contributed by atoms with Crippen LogP contribution in [0.5, 0.6) is 5.75 Å². The Hall–Kier alpha value is -4.98. The lowest BCUT2D eigenvalue weighted by atomic mass is 9.81. The quantitative estimate of drug-likeness (QED) is 0.242. The highest BCUT2D eigenvalue weighted by molar-refractivity contribution is 6.21. The Morgan fingerprint density at radius 3 is 2.31 bits per heavy atom. The number of hydrogen-bond acceptors (Lipinski definition) is 6. The summed E-state index contributed by atoms with van der Waals surface area (Å²) in [4.78, 5) is 36.7. The summed E-state index contributed by atoms with van der Waals surface area (Å²) in [6.07, 6.45) is 7.28. The molecule has 1 saturated carbocycles. The molecule has 2 amide bonds. The molecule has 5 aromatic rings. The summed E-state index contributed by atoms with van der Waals surface area (Å²) in [5.41, 5.74) is 11.0. The molecule has 1 fully saturated rings. The zero-order chi connectivity index (χ0) is 28.6. The second-order valence-corrected chi connectivity index (χ2v) is 11.1. The Kier molecular flexibility index (Phi) is 6.66. The highest BCUT2D eigenvalue weighted by Gasteiger charge is 2.37. The average Bonchev–Trinajstić information content (AvgIpc) is 3.54. The number of nitrogens with zero attached hydrogens (tertiary/aromatic N) is 4. The number of imidazole rings is 1. The molecule has 7 rings (SSSR count). The van der Waals surface area contributed by atoms with Gasteiger partial charge < -0.3 is 10.5 Å². The summed E-state index contributed by atoms with van der Waals surface area (Å²) < 4.78 is 8.16. The van der Waals surface area contributed by atoms with Crippen molar-refractivity contribution in [3.8, 4) is 17.0 Å². The summed E-state index contributed by atoms with van der Waals surface area (Å²) in [5, 5.41) is 0. The van der Waals surface area contributed by atoms with Crippen LogP contribution in [0.4, 0.5) is 5.82 Å². The van der Waals surface area contributed by atoms with Crippen molar-refractivity contribution in [3.05, 3.63) is 114 Å². The van der Waals surface area contributed by atoms with E-state index in [9.17, 15) is 9.59 Å². The highest BCUT2D eigenvalue weighted by Crippen LogP contribution is 2.40. The molecule has 0 saturated heterocycles. The minimum absolute atomic E-state index is 0.181. The van der Waals surface area contributed by atoms with Gasteiger partial charge in [-0.25, -0.2) is 9.97 Å². The van der Waals surface area contributed by atoms with Gasteiger partial charge in [0.15, 0.2) is 0 Å². The normalized spacial score (nSPS) is 18.4. The Bertz CT molecular complexity index is 1760. The van der Waals surface area contributed by atoms with Crippen LogP contribution in [-0.2, 0) is 6.61 Å². The molecule has 0 radical (unpaired) electrons. The van der Waals surface area contributed by atoms with Gasteiger partial charge in [-0.15, -0.1) is 0 Å². The lowest BCUT2D eigenvalue weighted by molar-refractivity contribution is 0.0614. The van der Waals surface area contributed by atoms with Gasteiger partial charge in [0.25, 0.3) is 11.8 Å². The first-order valence-corrected chi connectivity index (χ1v) is 14.4. The average molecular weight is 558 g/mol. The van der Waals surface area contributed by atoms with Gasteiger partial charge in [0.05, 0.1) is 11.1 Å². The van der Waals surface area contributed by atoms with Gasteiger partial charge >= 0.3 is 0 Å². The summed E-state index contributed by atoms with van der Waals surface area (Å²) in [5.74, 6) is 2.28. The molecule has 210 valence electrons. The first-order valence-electron chi connectivity index (χ1n) is 14.4. The van der Waals surface area contributed by atoms with Crippen molar-refractivity contribution < 1.29 is 14.3 Å². The third-order valence-corrected chi connectivity index (χ3v) is 8.50. The number of carbonyl (C=O) groups excluding carboxylic acids is 2. The number of ether oxygens (including phenoxy) is 1. The smallest absolute Gasteiger partial charge is 0.261 e. The molecule has 0 atom stereocenters. The number of hydrogen-bond donors (Lipinski definition) is 1. The van der Waals surface area contributed by atoms with Crippen molar-refractivity contribution in [3.63, 3.8) is 0 Å². The molecular formula is C34H31N5O3. The topological polar surface area (TPSA) is 103 Å². The van der Waals surface area contributed by atoms with E-state index in [1.165, 1.54) is 4.90 Å². The van der Waals surface area contributed by atoms with Gasteiger partial charge in [0.1, 0.15) is 35.2 Å². The van der Waals surface area contributed by atoms with Crippen LogP contribution in [0.1, 0.15) is 63.7 Å². The number of carbonyl (C=O) groups is 2. The lowest BCUT2D eigenvalue weighted by Crippen LogP contribution is -2.35. The van der Waals surface area contributed by atoms with Crippen molar-refractivity contribution >= 4 is 23.1 Å². The molecule has 0 spiro atoms. The van der Waals surface area contributed by atoms with Gasteiger partial charge in [-0.05, 0) is 61.4 Å². The second-order valence-electron chi connectivity index (χ2n) is 11.1. The van der Waals surface area contributed by atoms with Crippen molar-refractivity contribution in [2.24, 2.45) is 5.92 Å². The maximum absolute atomic E-state index is 12.9. The first-order chi connectivity index (χ1) is 20.6. The molecule has 2 aliphatic rings. The predicted molar refractivity (Wildman–Crippen MR) is 160 cm³/mol. The lowest BCUT2D eigenvalue weighted by Gasteiger charge is -2.30. The molecule has 1 aliphatic carbocycles. The largest absolute Gasteiger partial charge is 0.489 e. The van der Waals surface area contributed by atoms with Crippen LogP contribution in [0.15, 0.2) is 91.3 Å². The number of nitrogens with two attached hydrogens (primary N) is 1. The maximum atomic E-state index is 12.9. The van der Waals surface area contributed by atoms with Gasteiger partial charge in [0.2, 0.25) is 0 Å². The number of imide groups is 1. The molecular weight excluding hydrogens is 526 g/mol. The van der Waals surface area contributed by atoms with Crippen LogP contribution in [0, 0.1) is 5.92 Å². The third kappa shape index (κ3) is 4.68. The molecule has 0 bridgehead atoms. The fourth-order valence-electron chi connectivity index (χ4n) is 6.32. The standard InChI is InChI=1S/C34H31N5O3/c35-31-30-29(25-9-6-10-26(19-25)42-21-23-7-2-1-3-8-23)37-32(38(30)18-17-36-31)24-15-13-22(14-16-24)20-39-33(40)27-11-4-5-12-28(27)34(39)41/h1-12,17-19,22,24H,13-16,20-21H2,(H2,35,36)/t22-,24+. The zero-order valence-corrected chi connectivity index (χ0v) is 23.1. The number of anilines is 1. The summed E-state index contributed by atoms with van der Waals surface area (Å²) in [6, 6.07) is 25.1. The zero-order valence-electron chi connectivity index (χ0n) is 23.1. The number of aromatic nitrogens is 3. The van der Waals surface area contributed by atoms with Crippen molar-refractivity contribution in [1.82, 2.24) is 19.3 Å². The second kappa shape index (κ2) is 10.8. The van der Waals surface area contributed by atoms with Crippen molar-refractivity contribution in [2.45, 2.75) is 38.2 Å². The highest BCUT2D eigenvalue weighted by atomic mass is 16.5. The third-order valence-electron chi connectivity index (χ3n) is 8.50. The monoisotopic (exact) mass is 557 g/mol. The van der Waals surface area contributed by atoms with Crippen LogP contribution in [0.3, 0.4) is 0 Å². The summed E-state index contributed by atoms with van der Waals surface area (Å²) >= 11 is 0. The molecule has 2 aromatic heterocycles. The molecule has 42 heavy (non-hydrogen) atoms. The molecule has 1 aliphatic heterocycles. The number of nitrogen functional groups attached to an aromatic ring is 1. The van der Waals surface area contributed by atoms with E-state index < -0.39 is 0 Å². The fraction of sp³-hybridized carbons (Fsp3) is 0.235. The van der Waals surface area contributed by atoms with Crippen LogP contribution in [0.2, 0.25) is 0 Å². The molecule has 2 N–H and O–H groups in total. The van der Waals surface area contributed by atoms with Crippen LogP contribution >= 0.6 is 0 Å². The van der Waals surface area contributed by atoms with Gasteiger partial charge in [-0.1, -0.05) is 54.6 Å². The van der Waals surface area contributed by atoms with Crippen LogP contribution in [0.25, 0.3) is 16.8 Å².